The lowest BCUT2D eigenvalue weighted by molar-refractivity contribution is -0.141. The van der Waals surface area contributed by atoms with Gasteiger partial charge in [-0.15, -0.1) is 0 Å². The Morgan fingerprint density at radius 2 is 2.12 bits per heavy atom. The zero-order chi connectivity index (χ0) is 12.0. The van der Waals surface area contributed by atoms with E-state index in [1.807, 2.05) is 0 Å². The first-order valence-electron chi connectivity index (χ1n) is 5.93. The quantitative estimate of drug-likeness (QED) is 0.382. The first-order valence-corrected chi connectivity index (χ1v) is 5.93. The first kappa shape index (κ1) is 13.5. The van der Waals surface area contributed by atoms with Crippen LogP contribution < -0.4 is 5.32 Å². The molecule has 5 nitrogen and oxygen atoms in total. The molecule has 0 aliphatic carbocycles. The van der Waals surface area contributed by atoms with E-state index in [-0.39, 0.29) is 5.92 Å². The Kier molecular flexibility index (Phi) is 5.80. The van der Waals surface area contributed by atoms with E-state index in [0.717, 1.165) is 38.6 Å². The third-order valence-corrected chi connectivity index (χ3v) is 3.14. The minimum absolute atomic E-state index is 0.182. The largest absolute Gasteiger partial charge is 0.480 e. The van der Waals surface area contributed by atoms with Gasteiger partial charge in [0.1, 0.15) is 6.04 Å². The fraction of sp³-hybridized carbons (Fsp3) is 0.900. The van der Waals surface area contributed by atoms with Gasteiger partial charge in [0, 0.05) is 0 Å². The minimum Gasteiger partial charge on any atom is -0.480 e. The Bertz CT molecular complexity index is 225. The monoisotopic (exact) mass is 229 g/mol. The zero-order valence-electron chi connectivity index (χ0n) is 9.43. The number of hydrogen-bond donors (Lipinski definition) is 4. The highest BCUT2D eigenvalue weighted by Crippen LogP contribution is 2.23. The number of piperidine rings is 1. The molecule has 1 aliphatic heterocycles. The summed E-state index contributed by atoms with van der Waals surface area (Å²) in [4.78, 5) is 11.0. The average Bonchev–Trinajstić information content (AvgIpc) is 2.24. The molecule has 1 saturated heterocycles. The summed E-state index contributed by atoms with van der Waals surface area (Å²) in [5.41, 5.74) is 0. The van der Waals surface area contributed by atoms with Gasteiger partial charge in [-0.2, -0.15) is 0 Å². The Labute approximate surface area is 96.0 Å². The fourth-order valence-corrected chi connectivity index (χ4v) is 2.29. The number of hydrogen-bond acceptors (Lipinski definition) is 4. The van der Waals surface area contributed by atoms with Gasteiger partial charge in [-0.3, -0.25) is 4.79 Å². The third-order valence-electron chi connectivity index (χ3n) is 3.14. The summed E-state index contributed by atoms with van der Waals surface area (Å²) in [6, 6.07) is -0.423. The van der Waals surface area contributed by atoms with Crippen LogP contribution in [0.4, 0.5) is 0 Å². The van der Waals surface area contributed by atoms with Crippen molar-refractivity contribution in [3.8, 4) is 0 Å². The summed E-state index contributed by atoms with van der Waals surface area (Å²) in [6.45, 7) is 0.781. The summed E-state index contributed by atoms with van der Waals surface area (Å²) in [7, 11) is -1.24. The molecule has 2 atom stereocenters. The van der Waals surface area contributed by atoms with Crippen molar-refractivity contribution in [1.82, 2.24) is 5.32 Å². The highest BCUT2D eigenvalue weighted by Gasteiger charge is 2.29. The van der Waals surface area contributed by atoms with Crippen LogP contribution in [0.3, 0.4) is 0 Å². The van der Waals surface area contributed by atoms with Crippen LogP contribution >= 0.6 is 0 Å². The molecule has 1 aliphatic rings. The van der Waals surface area contributed by atoms with E-state index in [1.54, 1.807) is 0 Å². The predicted molar refractivity (Wildman–Crippen MR) is 61.0 cm³/mol. The minimum atomic E-state index is -1.24. The highest BCUT2D eigenvalue weighted by molar-refractivity contribution is 6.40. The van der Waals surface area contributed by atoms with E-state index in [0.29, 0.717) is 6.32 Å². The number of carbonyl (C=O) groups is 1. The molecule has 6 heteroatoms. The molecule has 0 bridgehead atoms. The molecule has 0 aromatic rings. The number of aliphatic carboxylic acids is 1. The van der Waals surface area contributed by atoms with Crippen LogP contribution in [0.2, 0.25) is 6.32 Å². The Morgan fingerprint density at radius 1 is 1.38 bits per heavy atom. The van der Waals surface area contributed by atoms with Gasteiger partial charge in [-0.05, 0) is 38.0 Å². The third kappa shape index (κ3) is 4.51. The van der Waals surface area contributed by atoms with Crippen molar-refractivity contribution < 1.29 is 19.9 Å². The Morgan fingerprint density at radius 3 is 2.75 bits per heavy atom. The van der Waals surface area contributed by atoms with Crippen LogP contribution in [0.5, 0.6) is 0 Å². The SMILES string of the molecule is O=C(O)[C@@H]1NCCC[C@H]1CCCCB(O)O. The van der Waals surface area contributed by atoms with Gasteiger partial charge in [0.2, 0.25) is 0 Å². The van der Waals surface area contributed by atoms with Crippen molar-refractivity contribution >= 4 is 13.1 Å². The van der Waals surface area contributed by atoms with E-state index in [1.165, 1.54) is 0 Å². The maximum Gasteiger partial charge on any atom is 0.451 e. The second-order valence-corrected chi connectivity index (χ2v) is 4.44. The van der Waals surface area contributed by atoms with Crippen molar-refractivity contribution in [3.63, 3.8) is 0 Å². The molecule has 0 aromatic carbocycles. The molecule has 0 spiro atoms. The van der Waals surface area contributed by atoms with Crippen molar-refractivity contribution in [3.05, 3.63) is 0 Å². The van der Waals surface area contributed by atoms with E-state index < -0.39 is 19.1 Å². The van der Waals surface area contributed by atoms with Crippen molar-refractivity contribution in [2.45, 2.75) is 44.5 Å². The molecule has 0 aromatic heterocycles. The average molecular weight is 229 g/mol. The molecule has 4 N–H and O–H groups in total. The van der Waals surface area contributed by atoms with Crippen LogP contribution in [-0.2, 0) is 4.79 Å². The second kappa shape index (κ2) is 6.88. The number of carboxylic acid groups (broad SMARTS) is 1. The first-order chi connectivity index (χ1) is 7.61. The summed E-state index contributed by atoms with van der Waals surface area (Å²) in [6.07, 6.45) is 4.78. The molecule has 16 heavy (non-hydrogen) atoms. The van der Waals surface area contributed by atoms with Gasteiger partial charge < -0.3 is 20.5 Å². The van der Waals surface area contributed by atoms with E-state index in [2.05, 4.69) is 5.32 Å². The molecular weight excluding hydrogens is 209 g/mol. The van der Waals surface area contributed by atoms with Crippen molar-refractivity contribution in [1.29, 1.82) is 0 Å². The summed E-state index contributed by atoms with van der Waals surface area (Å²) in [5, 5.41) is 29.4. The van der Waals surface area contributed by atoms with Crippen LogP contribution in [0.25, 0.3) is 0 Å². The molecule has 0 radical (unpaired) electrons. The smallest absolute Gasteiger partial charge is 0.451 e. The number of carboxylic acids is 1. The predicted octanol–water partition coefficient (Wildman–Crippen LogP) is 0.0823. The van der Waals surface area contributed by atoms with Crippen LogP contribution in [0.1, 0.15) is 32.1 Å². The zero-order valence-corrected chi connectivity index (χ0v) is 9.43. The van der Waals surface area contributed by atoms with Gasteiger partial charge in [-0.25, -0.2) is 0 Å². The molecule has 1 rings (SSSR count). The normalized spacial score (nSPS) is 25.4. The fourth-order valence-electron chi connectivity index (χ4n) is 2.29. The standard InChI is InChI=1S/C10H20BNO4/c13-10(14)9-8(5-3-7-12-9)4-1-2-6-11(15)16/h8-9,12,15-16H,1-7H2,(H,13,14)/t8-,9-/m1/s1. The summed E-state index contributed by atoms with van der Waals surface area (Å²) < 4.78 is 0. The van der Waals surface area contributed by atoms with Gasteiger partial charge in [0.25, 0.3) is 0 Å². The lowest BCUT2D eigenvalue weighted by Gasteiger charge is -2.29. The van der Waals surface area contributed by atoms with E-state index in [4.69, 9.17) is 15.2 Å². The van der Waals surface area contributed by atoms with E-state index in [9.17, 15) is 4.79 Å². The Hall–Kier alpha value is -0.585. The maximum absolute atomic E-state index is 11.0. The molecule has 0 amide bonds. The molecule has 1 heterocycles. The lowest BCUT2D eigenvalue weighted by atomic mass is 9.81. The summed E-state index contributed by atoms with van der Waals surface area (Å²) in [5.74, 6) is -0.589. The second-order valence-electron chi connectivity index (χ2n) is 4.44. The van der Waals surface area contributed by atoms with Gasteiger partial charge in [0.05, 0.1) is 0 Å². The molecule has 92 valence electrons. The molecule has 0 unspecified atom stereocenters. The highest BCUT2D eigenvalue weighted by atomic mass is 16.4. The number of rotatable bonds is 6. The Balaban J connectivity index is 2.24. The molecular formula is C10H20BNO4. The van der Waals surface area contributed by atoms with Crippen LogP contribution in [0, 0.1) is 5.92 Å². The van der Waals surface area contributed by atoms with Crippen LogP contribution in [-0.4, -0.2) is 40.8 Å². The van der Waals surface area contributed by atoms with Crippen molar-refractivity contribution in [2.75, 3.05) is 6.54 Å². The van der Waals surface area contributed by atoms with Crippen molar-refractivity contribution in [2.24, 2.45) is 5.92 Å². The molecule has 0 saturated carbocycles. The lowest BCUT2D eigenvalue weighted by Crippen LogP contribution is -2.46. The van der Waals surface area contributed by atoms with Gasteiger partial charge >= 0.3 is 13.1 Å². The van der Waals surface area contributed by atoms with Gasteiger partial charge in [0.15, 0.2) is 0 Å². The topological polar surface area (TPSA) is 89.8 Å². The maximum atomic E-state index is 11.0. The number of nitrogens with one attached hydrogen (secondary N) is 1. The molecule has 1 fully saturated rings. The number of unbranched alkanes of at least 4 members (excludes halogenated alkanes) is 1. The van der Waals surface area contributed by atoms with E-state index >= 15 is 0 Å². The van der Waals surface area contributed by atoms with Crippen LogP contribution in [0.15, 0.2) is 0 Å². The summed E-state index contributed by atoms with van der Waals surface area (Å²) >= 11 is 0. The van der Waals surface area contributed by atoms with Gasteiger partial charge in [-0.1, -0.05) is 12.8 Å².